The molecule has 0 radical (unpaired) electrons. The Labute approximate surface area is 104 Å². The van der Waals surface area contributed by atoms with E-state index in [0.29, 0.717) is 0 Å². The first-order valence-electron chi connectivity index (χ1n) is 5.49. The number of anilines is 1. The smallest absolute Gasteiger partial charge is 0.135 e. The third-order valence-corrected chi connectivity index (χ3v) is 3.64. The van der Waals surface area contributed by atoms with Gasteiger partial charge in [0.15, 0.2) is 0 Å². The van der Waals surface area contributed by atoms with Crippen LogP contribution in [0.5, 0.6) is 5.75 Å². The number of rotatable bonds is 3. The maximum Gasteiger partial charge on any atom is 0.135 e. The van der Waals surface area contributed by atoms with Gasteiger partial charge in [0.1, 0.15) is 5.75 Å². The predicted octanol–water partition coefficient (Wildman–Crippen LogP) is 2.78. The van der Waals surface area contributed by atoms with Crippen LogP contribution < -0.4 is 10.1 Å². The van der Waals surface area contributed by atoms with E-state index in [4.69, 9.17) is 4.74 Å². The van der Waals surface area contributed by atoms with Crippen molar-refractivity contribution < 1.29 is 9.84 Å². The molecule has 4 heteroatoms. The molecule has 88 valence electrons. The normalized spacial score (nSPS) is 24.4. The number of hydrogen-bond acceptors (Lipinski definition) is 3. The number of ether oxygens (including phenoxy) is 1. The number of halogens is 1. The second-order valence-corrected chi connectivity index (χ2v) is 4.95. The summed E-state index contributed by atoms with van der Waals surface area (Å²) < 4.78 is 6.17. The number of aliphatic hydroxyl groups is 1. The number of methoxy groups -OCH3 is 1. The molecule has 2 N–H and O–H groups in total. The van der Waals surface area contributed by atoms with Gasteiger partial charge in [-0.1, -0.05) is 0 Å². The molecule has 0 bridgehead atoms. The molecule has 2 rings (SSSR count). The zero-order valence-corrected chi connectivity index (χ0v) is 10.8. The Kier molecular flexibility index (Phi) is 3.71. The van der Waals surface area contributed by atoms with Crippen LogP contribution in [0, 0.1) is 0 Å². The van der Waals surface area contributed by atoms with Crippen LogP contribution in [-0.4, -0.2) is 24.4 Å². The highest BCUT2D eigenvalue weighted by molar-refractivity contribution is 9.10. The molecule has 1 aliphatic rings. The number of nitrogens with one attached hydrogen (secondary N) is 1. The van der Waals surface area contributed by atoms with Gasteiger partial charge in [-0.2, -0.15) is 0 Å². The third-order valence-electron chi connectivity index (χ3n) is 2.98. The average Bonchev–Trinajstić information content (AvgIpc) is 2.67. The molecule has 16 heavy (non-hydrogen) atoms. The molecule has 1 aromatic rings. The Morgan fingerprint density at radius 1 is 1.44 bits per heavy atom. The van der Waals surface area contributed by atoms with Crippen LogP contribution in [-0.2, 0) is 0 Å². The molecule has 1 aliphatic carbocycles. The lowest BCUT2D eigenvalue weighted by atomic mass is 10.2. The van der Waals surface area contributed by atoms with E-state index < -0.39 is 0 Å². The monoisotopic (exact) mass is 285 g/mol. The second kappa shape index (κ2) is 5.06. The Morgan fingerprint density at radius 3 is 2.88 bits per heavy atom. The van der Waals surface area contributed by atoms with Gasteiger partial charge in [-0.05, 0) is 47.3 Å². The minimum atomic E-state index is -0.227. The molecule has 1 fully saturated rings. The molecule has 0 unspecified atom stereocenters. The summed E-state index contributed by atoms with van der Waals surface area (Å²) in [6.07, 6.45) is 2.78. The number of benzene rings is 1. The van der Waals surface area contributed by atoms with Crippen LogP contribution in [0.3, 0.4) is 0 Å². The summed E-state index contributed by atoms with van der Waals surface area (Å²) in [5.41, 5.74) is 0.992. The van der Waals surface area contributed by atoms with E-state index >= 15 is 0 Å². The summed E-state index contributed by atoms with van der Waals surface area (Å²) in [6, 6.07) is 6.04. The first-order chi connectivity index (χ1) is 7.70. The lowest BCUT2D eigenvalue weighted by molar-refractivity contribution is 0.172. The minimum Gasteiger partial charge on any atom is -0.495 e. The highest BCUT2D eigenvalue weighted by atomic mass is 79.9. The first-order valence-corrected chi connectivity index (χ1v) is 6.28. The summed E-state index contributed by atoms with van der Waals surface area (Å²) in [4.78, 5) is 0. The maximum absolute atomic E-state index is 9.73. The van der Waals surface area contributed by atoms with E-state index in [9.17, 15) is 5.11 Å². The zero-order chi connectivity index (χ0) is 11.5. The standard InChI is InChI=1S/C12H16BrNO2/c1-16-12-7-8(5-6-9(12)13)14-10-3-2-4-11(10)15/h5-7,10-11,14-15H,2-4H2,1H3/t10-,11-/m1/s1. The van der Waals surface area contributed by atoms with E-state index in [0.717, 1.165) is 35.2 Å². The largest absolute Gasteiger partial charge is 0.495 e. The molecule has 0 heterocycles. The Morgan fingerprint density at radius 2 is 2.25 bits per heavy atom. The van der Waals surface area contributed by atoms with Crippen molar-refractivity contribution in [2.75, 3.05) is 12.4 Å². The Balaban J connectivity index is 2.09. The van der Waals surface area contributed by atoms with Crippen molar-refractivity contribution in [3.05, 3.63) is 22.7 Å². The SMILES string of the molecule is COc1cc(N[C@@H]2CCC[C@H]2O)ccc1Br. The molecule has 3 nitrogen and oxygen atoms in total. The highest BCUT2D eigenvalue weighted by Crippen LogP contribution is 2.30. The quantitative estimate of drug-likeness (QED) is 0.897. The lowest BCUT2D eigenvalue weighted by Crippen LogP contribution is -2.27. The van der Waals surface area contributed by atoms with Gasteiger partial charge in [0.05, 0.1) is 23.7 Å². The fourth-order valence-electron chi connectivity index (χ4n) is 2.07. The van der Waals surface area contributed by atoms with Crippen molar-refractivity contribution in [2.24, 2.45) is 0 Å². The lowest BCUT2D eigenvalue weighted by Gasteiger charge is -2.18. The Hall–Kier alpha value is -0.740. The first kappa shape index (κ1) is 11.7. The predicted molar refractivity (Wildman–Crippen MR) is 68.0 cm³/mol. The zero-order valence-electron chi connectivity index (χ0n) is 9.24. The van der Waals surface area contributed by atoms with Crippen LogP contribution in [0.25, 0.3) is 0 Å². The summed E-state index contributed by atoms with van der Waals surface area (Å²) in [6.45, 7) is 0. The fraction of sp³-hybridized carbons (Fsp3) is 0.500. The topological polar surface area (TPSA) is 41.5 Å². The van der Waals surface area contributed by atoms with Gasteiger partial charge < -0.3 is 15.2 Å². The molecule has 0 amide bonds. The second-order valence-electron chi connectivity index (χ2n) is 4.10. The van der Waals surface area contributed by atoms with Crippen LogP contribution in [0.2, 0.25) is 0 Å². The van der Waals surface area contributed by atoms with E-state index in [-0.39, 0.29) is 12.1 Å². The van der Waals surface area contributed by atoms with E-state index in [1.807, 2.05) is 18.2 Å². The van der Waals surface area contributed by atoms with Crippen molar-refractivity contribution in [3.8, 4) is 5.75 Å². The third kappa shape index (κ3) is 2.50. The summed E-state index contributed by atoms with van der Waals surface area (Å²) in [7, 11) is 1.65. The van der Waals surface area contributed by atoms with Gasteiger partial charge in [0.25, 0.3) is 0 Å². The highest BCUT2D eigenvalue weighted by Gasteiger charge is 2.24. The average molecular weight is 286 g/mol. The van der Waals surface area contributed by atoms with Crippen molar-refractivity contribution in [3.63, 3.8) is 0 Å². The summed E-state index contributed by atoms with van der Waals surface area (Å²) in [5, 5.41) is 13.1. The van der Waals surface area contributed by atoms with E-state index in [1.165, 1.54) is 0 Å². The molecule has 0 aromatic heterocycles. The summed E-state index contributed by atoms with van der Waals surface area (Å²) >= 11 is 3.41. The van der Waals surface area contributed by atoms with Gasteiger partial charge in [-0.25, -0.2) is 0 Å². The molecular weight excluding hydrogens is 270 g/mol. The van der Waals surface area contributed by atoms with Crippen molar-refractivity contribution in [2.45, 2.75) is 31.4 Å². The maximum atomic E-state index is 9.73. The van der Waals surface area contributed by atoms with Crippen molar-refractivity contribution in [1.29, 1.82) is 0 Å². The molecule has 1 aromatic carbocycles. The van der Waals surface area contributed by atoms with Gasteiger partial charge in [0, 0.05) is 11.8 Å². The van der Waals surface area contributed by atoms with Gasteiger partial charge in [0.2, 0.25) is 0 Å². The fourth-order valence-corrected chi connectivity index (χ4v) is 2.48. The molecular formula is C12H16BrNO2. The van der Waals surface area contributed by atoms with E-state index in [1.54, 1.807) is 7.11 Å². The van der Waals surface area contributed by atoms with Crippen LogP contribution in [0.4, 0.5) is 5.69 Å². The van der Waals surface area contributed by atoms with Crippen LogP contribution in [0.1, 0.15) is 19.3 Å². The molecule has 0 saturated heterocycles. The minimum absolute atomic E-state index is 0.172. The number of hydrogen-bond donors (Lipinski definition) is 2. The Bertz CT molecular complexity index is 370. The van der Waals surface area contributed by atoms with E-state index in [2.05, 4.69) is 21.2 Å². The molecule has 0 spiro atoms. The van der Waals surface area contributed by atoms with Crippen LogP contribution >= 0.6 is 15.9 Å². The number of aliphatic hydroxyl groups excluding tert-OH is 1. The van der Waals surface area contributed by atoms with Gasteiger partial charge in [-0.15, -0.1) is 0 Å². The molecule has 0 aliphatic heterocycles. The van der Waals surface area contributed by atoms with Crippen molar-refractivity contribution >= 4 is 21.6 Å². The summed E-state index contributed by atoms with van der Waals surface area (Å²) in [5.74, 6) is 0.803. The molecule has 2 atom stereocenters. The van der Waals surface area contributed by atoms with Gasteiger partial charge in [-0.3, -0.25) is 0 Å². The molecule has 1 saturated carbocycles. The van der Waals surface area contributed by atoms with Crippen LogP contribution in [0.15, 0.2) is 22.7 Å². The van der Waals surface area contributed by atoms with Gasteiger partial charge >= 0.3 is 0 Å². The van der Waals surface area contributed by atoms with Crippen molar-refractivity contribution in [1.82, 2.24) is 0 Å².